The first kappa shape index (κ1) is 31.8. The Morgan fingerprint density at radius 3 is 2.29 bits per heavy atom. The number of anilines is 1. The second-order valence-corrected chi connectivity index (χ2v) is 11.5. The van der Waals surface area contributed by atoms with Crippen LogP contribution in [0.3, 0.4) is 0 Å². The third-order valence-corrected chi connectivity index (χ3v) is 8.27. The molecular formula is C35H38N2O7S. The van der Waals surface area contributed by atoms with Crippen molar-refractivity contribution in [2.75, 3.05) is 31.3 Å². The molecule has 0 radical (unpaired) electrons. The maximum absolute atomic E-state index is 13.8. The average molecular weight is 631 g/mol. The van der Waals surface area contributed by atoms with Crippen LogP contribution in [0.2, 0.25) is 0 Å². The number of hydrogen-bond acceptors (Lipinski definition) is 9. The highest BCUT2D eigenvalue weighted by atomic mass is 32.1. The van der Waals surface area contributed by atoms with Gasteiger partial charge in [-0.1, -0.05) is 37.7 Å². The Balaban J connectivity index is 1.64. The summed E-state index contributed by atoms with van der Waals surface area (Å²) in [6.07, 6.45) is 2.73. The number of unbranched alkanes of at least 4 members (excludes halogenated alkanes) is 1. The van der Waals surface area contributed by atoms with Gasteiger partial charge in [0.25, 0.3) is 5.78 Å². The van der Waals surface area contributed by atoms with E-state index in [0.717, 1.165) is 24.0 Å². The number of Topliss-reactive ketones (excluding diaryl/α,β-unsaturated/α-hetero) is 1. The van der Waals surface area contributed by atoms with Crippen molar-refractivity contribution < 1.29 is 33.6 Å². The molecule has 1 aliphatic rings. The molecule has 9 nitrogen and oxygen atoms in total. The van der Waals surface area contributed by atoms with Crippen LogP contribution in [-0.2, 0) is 9.59 Å². The first-order valence-corrected chi connectivity index (χ1v) is 16.2. The molecule has 10 heteroatoms. The molecule has 1 aliphatic heterocycles. The second kappa shape index (κ2) is 14.5. The third-order valence-electron chi connectivity index (χ3n) is 7.25. The zero-order chi connectivity index (χ0) is 31.9. The number of benzene rings is 3. The summed E-state index contributed by atoms with van der Waals surface area (Å²) in [5.74, 6) is 0.506. The quantitative estimate of drug-likeness (QED) is 0.0654. The van der Waals surface area contributed by atoms with Crippen molar-refractivity contribution in [3.8, 4) is 23.0 Å². The zero-order valence-corrected chi connectivity index (χ0v) is 26.8. The van der Waals surface area contributed by atoms with Crippen LogP contribution in [0.1, 0.15) is 64.1 Å². The lowest BCUT2D eigenvalue weighted by atomic mass is 9.95. The Labute approximate surface area is 267 Å². The highest BCUT2D eigenvalue weighted by Gasteiger charge is 2.48. The lowest BCUT2D eigenvalue weighted by Gasteiger charge is -2.24. The van der Waals surface area contributed by atoms with Crippen molar-refractivity contribution in [3.63, 3.8) is 0 Å². The summed E-state index contributed by atoms with van der Waals surface area (Å²) < 4.78 is 24.1. The number of ketones is 1. The number of aromatic nitrogens is 1. The number of carbonyl (C=O) groups is 2. The predicted octanol–water partition coefficient (Wildman–Crippen LogP) is 7.69. The van der Waals surface area contributed by atoms with Crippen molar-refractivity contribution in [2.24, 2.45) is 0 Å². The van der Waals surface area contributed by atoms with Gasteiger partial charge in [-0.25, -0.2) is 4.98 Å². The van der Waals surface area contributed by atoms with E-state index in [1.807, 2.05) is 39.0 Å². The molecular weight excluding hydrogens is 592 g/mol. The molecule has 236 valence electrons. The van der Waals surface area contributed by atoms with Gasteiger partial charge >= 0.3 is 5.91 Å². The lowest BCUT2D eigenvalue weighted by Crippen LogP contribution is -2.29. The smallest absolute Gasteiger partial charge is 0.301 e. The lowest BCUT2D eigenvalue weighted by molar-refractivity contribution is -0.132. The highest BCUT2D eigenvalue weighted by Crippen LogP contribution is 2.46. The largest absolute Gasteiger partial charge is 0.507 e. The molecule has 5 rings (SSSR count). The number of thiazole rings is 1. The van der Waals surface area contributed by atoms with Crippen LogP contribution in [0, 0.1) is 0 Å². The molecule has 1 N–H and O–H groups in total. The minimum absolute atomic E-state index is 0.0430. The average Bonchev–Trinajstić information content (AvgIpc) is 3.58. The molecule has 3 aromatic carbocycles. The minimum Gasteiger partial charge on any atom is -0.507 e. The summed E-state index contributed by atoms with van der Waals surface area (Å²) in [4.78, 5) is 33.7. The van der Waals surface area contributed by atoms with Gasteiger partial charge in [0.05, 0.1) is 48.3 Å². The number of aliphatic hydroxyl groups is 1. The topological polar surface area (TPSA) is 107 Å². The first-order valence-electron chi connectivity index (χ1n) is 15.4. The van der Waals surface area contributed by atoms with E-state index < -0.39 is 17.7 Å². The van der Waals surface area contributed by atoms with Gasteiger partial charge in [-0.15, -0.1) is 0 Å². The van der Waals surface area contributed by atoms with E-state index in [2.05, 4.69) is 6.92 Å². The fourth-order valence-corrected chi connectivity index (χ4v) is 6.11. The maximum Gasteiger partial charge on any atom is 0.301 e. The van der Waals surface area contributed by atoms with E-state index in [1.165, 1.54) is 16.2 Å². The molecule has 1 saturated heterocycles. The van der Waals surface area contributed by atoms with Crippen molar-refractivity contribution in [1.82, 2.24) is 4.98 Å². The Kier molecular flexibility index (Phi) is 10.2. The Hall–Kier alpha value is -4.57. The van der Waals surface area contributed by atoms with Crippen molar-refractivity contribution in [1.29, 1.82) is 0 Å². The number of nitrogens with zero attached hydrogens (tertiary/aromatic N) is 2. The van der Waals surface area contributed by atoms with Gasteiger partial charge in [0.15, 0.2) is 16.6 Å². The molecule has 1 atom stereocenters. The van der Waals surface area contributed by atoms with Crippen LogP contribution in [0.15, 0.2) is 66.2 Å². The number of amides is 1. The minimum atomic E-state index is -0.975. The fraction of sp³-hybridized carbons (Fsp3) is 0.343. The highest BCUT2D eigenvalue weighted by molar-refractivity contribution is 7.22. The summed E-state index contributed by atoms with van der Waals surface area (Å²) in [7, 11) is 0. The maximum atomic E-state index is 13.8. The van der Waals surface area contributed by atoms with Crippen molar-refractivity contribution in [2.45, 2.75) is 53.0 Å². The van der Waals surface area contributed by atoms with E-state index in [-0.39, 0.29) is 11.3 Å². The Bertz CT molecular complexity index is 1700. The normalized spacial score (nSPS) is 15.9. The zero-order valence-electron chi connectivity index (χ0n) is 26.0. The molecule has 0 saturated carbocycles. The molecule has 4 aromatic rings. The van der Waals surface area contributed by atoms with E-state index >= 15 is 0 Å². The number of hydrogen-bond donors (Lipinski definition) is 1. The summed E-state index contributed by atoms with van der Waals surface area (Å²) >= 11 is 1.27. The van der Waals surface area contributed by atoms with Crippen molar-refractivity contribution in [3.05, 3.63) is 77.4 Å². The van der Waals surface area contributed by atoms with E-state index in [0.29, 0.717) is 71.2 Å². The monoisotopic (exact) mass is 630 g/mol. The Morgan fingerprint density at radius 2 is 1.58 bits per heavy atom. The van der Waals surface area contributed by atoms with Crippen LogP contribution in [0.25, 0.3) is 16.0 Å². The summed E-state index contributed by atoms with van der Waals surface area (Å²) in [5, 5.41) is 12.0. The molecule has 0 bridgehead atoms. The molecule has 1 unspecified atom stereocenters. The van der Waals surface area contributed by atoms with Crippen molar-refractivity contribution >= 4 is 44.1 Å². The number of ether oxygens (including phenoxy) is 4. The molecule has 1 aromatic heterocycles. The molecule has 1 fully saturated rings. The number of rotatable bonds is 14. The SMILES string of the molecule is CCCCOc1ccc(C2/C(=C(\O)c3ccc(OCCC)cc3)C(=O)C(=O)N2c2nc3ccc(OCC)cc3s2)cc1OCC. The predicted molar refractivity (Wildman–Crippen MR) is 176 cm³/mol. The van der Waals surface area contributed by atoms with Gasteiger partial charge in [-0.05, 0) is 86.8 Å². The Morgan fingerprint density at radius 1 is 0.822 bits per heavy atom. The van der Waals surface area contributed by atoms with Gasteiger partial charge in [0, 0.05) is 5.56 Å². The van der Waals surface area contributed by atoms with Crippen LogP contribution in [-0.4, -0.2) is 48.2 Å². The third kappa shape index (κ3) is 6.76. The number of fused-ring (bicyclic) bond motifs is 1. The molecule has 2 heterocycles. The van der Waals surface area contributed by atoms with E-state index in [9.17, 15) is 14.7 Å². The summed E-state index contributed by atoms with van der Waals surface area (Å²) in [5.41, 5.74) is 1.58. The van der Waals surface area contributed by atoms with Gasteiger partial charge in [0.1, 0.15) is 17.3 Å². The van der Waals surface area contributed by atoms with Crippen LogP contribution in [0.5, 0.6) is 23.0 Å². The van der Waals surface area contributed by atoms with Gasteiger partial charge in [0.2, 0.25) is 0 Å². The number of carbonyl (C=O) groups excluding carboxylic acids is 2. The number of aliphatic hydroxyl groups excluding tert-OH is 1. The molecule has 45 heavy (non-hydrogen) atoms. The van der Waals surface area contributed by atoms with Gasteiger partial charge in [-0.2, -0.15) is 0 Å². The molecule has 1 amide bonds. The summed E-state index contributed by atoms with van der Waals surface area (Å²) in [6, 6.07) is 16.7. The van der Waals surface area contributed by atoms with Gasteiger partial charge in [-0.3, -0.25) is 14.5 Å². The molecule has 0 spiro atoms. The molecule has 0 aliphatic carbocycles. The van der Waals surface area contributed by atoms with E-state index in [4.69, 9.17) is 23.9 Å². The van der Waals surface area contributed by atoms with Crippen LogP contribution < -0.4 is 23.8 Å². The van der Waals surface area contributed by atoms with Crippen LogP contribution in [0.4, 0.5) is 5.13 Å². The fourth-order valence-electron chi connectivity index (χ4n) is 5.09. The summed E-state index contributed by atoms with van der Waals surface area (Å²) in [6.45, 7) is 9.88. The van der Waals surface area contributed by atoms with E-state index in [1.54, 1.807) is 42.5 Å². The second-order valence-electron chi connectivity index (χ2n) is 10.4. The van der Waals surface area contributed by atoms with Crippen LogP contribution >= 0.6 is 11.3 Å². The standard InChI is InChI=1S/C35H38N2O7S/c1-5-9-19-44-27-17-12-23(20-28(27)42-8-4)31-30(32(38)22-10-13-24(14-11-22)43-18-6-2)33(39)34(40)37(31)35-36-26-16-15-25(41-7-3)21-29(26)45-35/h10-17,20-21,31,38H,5-9,18-19H2,1-4H3/b32-30+. The van der Waals surface area contributed by atoms with Gasteiger partial charge < -0.3 is 24.1 Å². The first-order chi connectivity index (χ1) is 21.9.